The molecular weight excluding hydrogens is 279 g/mol. The van der Waals surface area contributed by atoms with E-state index in [0.29, 0.717) is 11.8 Å². The average molecular weight is 287 g/mol. The summed E-state index contributed by atoms with van der Waals surface area (Å²) in [4.78, 5) is 14.1. The highest BCUT2D eigenvalue weighted by atomic mass is 19.4. The highest BCUT2D eigenvalue weighted by Crippen LogP contribution is 2.30. The minimum Gasteiger partial charge on any atom is -0.477 e. The van der Waals surface area contributed by atoms with Gasteiger partial charge in [0.25, 0.3) is 0 Å². The van der Waals surface area contributed by atoms with Crippen molar-refractivity contribution in [2.75, 3.05) is 0 Å². The first-order valence-electron chi connectivity index (χ1n) is 5.34. The summed E-state index contributed by atoms with van der Waals surface area (Å²) in [7, 11) is 0. The molecule has 0 unspecified atom stereocenters. The minimum atomic E-state index is -4.68. The number of aromatic carboxylic acids is 1. The lowest BCUT2D eigenvalue weighted by Gasteiger charge is -2.10. The van der Waals surface area contributed by atoms with E-state index < -0.39 is 29.3 Å². The van der Waals surface area contributed by atoms with Gasteiger partial charge in [-0.15, -0.1) is 0 Å². The molecule has 0 atom stereocenters. The van der Waals surface area contributed by atoms with E-state index in [4.69, 9.17) is 14.3 Å². The van der Waals surface area contributed by atoms with Crippen LogP contribution in [0.5, 0.6) is 5.88 Å². The Labute approximate surface area is 110 Å². The number of rotatable bonds is 4. The van der Waals surface area contributed by atoms with Gasteiger partial charge in [0.2, 0.25) is 5.88 Å². The zero-order chi connectivity index (χ0) is 14.8. The van der Waals surface area contributed by atoms with E-state index in [1.54, 1.807) is 6.07 Å². The third-order valence-electron chi connectivity index (χ3n) is 2.31. The van der Waals surface area contributed by atoms with E-state index in [9.17, 15) is 18.0 Å². The summed E-state index contributed by atoms with van der Waals surface area (Å²) >= 11 is 0. The Morgan fingerprint density at radius 2 is 2.10 bits per heavy atom. The molecule has 106 valence electrons. The number of alkyl halides is 3. The second-order valence-electron chi connectivity index (χ2n) is 3.72. The van der Waals surface area contributed by atoms with E-state index in [2.05, 4.69) is 4.98 Å². The maximum atomic E-state index is 12.5. The van der Waals surface area contributed by atoms with Gasteiger partial charge in [0.05, 0.1) is 6.26 Å². The average Bonchev–Trinajstić information content (AvgIpc) is 2.87. The van der Waals surface area contributed by atoms with Crippen LogP contribution in [0.15, 0.2) is 34.9 Å². The molecule has 0 aliphatic carbocycles. The van der Waals surface area contributed by atoms with Crippen molar-refractivity contribution in [3.05, 3.63) is 47.5 Å². The topological polar surface area (TPSA) is 72.6 Å². The molecule has 2 aromatic heterocycles. The highest BCUT2D eigenvalue weighted by Gasteiger charge is 2.34. The second-order valence-corrected chi connectivity index (χ2v) is 3.72. The van der Waals surface area contributed by atoms with E-state index in [1.807, 2.05) is 0 Å². The molecule has 0 radical (unpaired) electrons. The summed E-state index contributed by atoms with van der Waals surface area (Å²) in [5.74, 6) is -1.70. The molecule has 0 fully saturated rings. The summed E-state index contributed by atoms with van der Waals surface area (Å²) < 4.78 is 47.5. The van der Waals surface area contributed by atoms with Crippen LogP contribution >= 0.6 is 0 Å². The van der Waals surface area contributed by atoms with Crippen LogP contribution in [0.3, 0.4) is 0 Å². The van der Waals surface area contributed by atoms with Crippen molar-refractivity contribution >= 4 is 5.97 Å². The SMILES string of the molecule is O=C(O)c1ccc(C(F)(F)F)nc1OCc1ccco1. The van der Waals surface area contributed by atoms with Gasteiger partial charge in [-0.05, 0) is 24.3 Å². The monoisotopic (exact) mass is 287 g/mol. The Balaban J connectivity index is 2.29. The molecule has 0 aliphatic heterocycles. The molecule has 20 heavy (non-hydrogen) atoms. The lowest BCUT2D eigenvalue weighted by Crippen LogP contribution is -2.12. The van der Waals surface area contributed by atoms with Crippen LogP contribution in [0.1, 0.15) is 21.8 Å². The van der Waals surface area contributed by atoms with E-state index in [0.717, 1.165) is 6.07 Å². The standard InChI is InChI=1S/C12H8F3NO4/c13-12(14,15)9-4-3-8(11(17)18)10(16-9)20-6-7-2-1-5-19-7/h1-5H,6H2,(H,17,18). The second kappa shape index (κ2) is 5.24. The van der Waals surface area contributed by atoms with Crippen LogP contribution in [0, 0.1) is 0 Å². The van der Waals surface area contributed by atoms with Gasteiger partial charge in [0.15, 0.2) is 0 Å². The zero-order valence-electron chi connectivity index (χ0n) is 9.85. The van der Waals surface area contributed by atoms with Gasteiger partial charge in [-0.3, -0.25) is 0 Å². The van der Waals surface area contributed by atoms with Gasteiger partial charge in [0.1, 0.15) is 23.6 Å². The fraction of sp³-hybridized carbons (Fsp3) is 0.167. The highest BCUT2D eigenvalue weighted by molar-refractivity contribution is 5.90. The molecule has 2 heterocycles. The third kappa shape index (κ3) is 3.08. The Kier molecular flexibility index (Phi) is 3.64. The van der Waals surface area contributed by atoms with Gasteiger partial charge in [-0.25, -0.2) is 9.78 Å². The van der Waals surface area contributed by atoms with Crippen LogP contribution < -0.4 is 4.74 Å². The van der Waals surface area contributed by atoms with E-state index in [1.165, 1.54) is 12.3 Å². The number of aromatic nitrogens is 1. The van der Waals surface area contributed by atoms with Crippen LogP contribution in [-0.4, -0.2) is 16.1 Å². The van der Waals surface area contributed by atoms with Crippen molar-refractivity contribution in [2.24, 2.45) is 0 Å². The molecule has 1 N–H and O–H groups in total. The Hall–Kier alpha value is -2.51. The fourth-order valence-electron chi connectivity index (χ4n) is 1.41. The van der Waals surface area contributed by atoms with Gasteiger partial charge in [-0.1, -0.05) is 0 Å². The number of hydrogen-bond donors (Lipinski definition) is 1. The van der Waals surface area contributed by atoms with Gasteiger partial charge >= 0.3 is 12.1 Å². The van der Waals surface area contributed by atoms with Crippen molar-refractivity contribution in [3.8, 4) is 5.88 Å². The van der Waals surface area contributed by atoms with Crippen molar-refractivity contribution in [2.45, 2.75) is 12.8 Å². The molecule has 0 aliphatic rings. The maximum Gasteiger partial charge on any atom is 0.433 e. The molecule has 0 amide bonds. The number of carboxylic acids is 1. The first kappa shape index (κ1) is 13.9. The van der Waals surface area contributed by atoms with Gasteiger partial charge < -0.3 is 14.3 Å². The molecule has 0 spiro atoms. The van der Waals surface area contributed by atoms with Crippen molar-refractivity contribution in [1.29, 1.82) is 0 Å². The summed E-state index contributed by atoms with van der Waals surface area (Å²) in [5.41, 5.74) is -1.68. The number of carboxylic acid groups (broad SMARTS) is 1. The Morgan fingerprint density at radius 3 is 2.65 bits per heavy atom. The normalized spacial score (nSPS) is 11.3. The number of halogens is 3. The summed E-state index contributed by atoms with van der Waals surface area (Å²) in [6.07, 6.45) is -3.32. The maximum absolute atomic E-state index is 12.5. The number of carbonyl (C=O) groups is 1. The molecule has 0 aromatic carbocycles. The van der Waals surface area contributed by atoms with Crippen LogP contribution in [0.2, 0.25) is 0 Å². The molecular formula is C12H8F3NO4. The summed E-state index contributed by atoms with van der Waals surface area (Å²) in [6, 6.07) is 4.49. The molecule has 5 nitrogen and oxygen atoms in total. The molecule has 0 bridgehead atoms. The first-order valence-corrected chi connectivity index (χ1v) is 5.34. The number of hydrogen-bond acceptors (Lipinski definition) is 4. The van der Waals surface area contributed by atoms with Crippen molar-refractivity contribution < 1.29 is 32.2 Å². The van der Waals surface area contributed by atoms with Crippen molar-refractivity contribution in [3.63, 3.8) is 0 Å². The zero-order valence-corrected chi connectivity index (χ0v) is 9.85. The van der Waals surface area contributed by atoms with Crippen LogP contribution in [0.25, 0.3) is 0 Å². The number of nitrogens with zero attached hydrogens (tertiary/aromatic N) is 1. The number of ether oxygens (including phenoxy) is 1. The van der Waals surface area contributed by atoms with Crippen LogP contribution in [0.4, 0.5) is 13.2 Å². The molecule has 0 saturated carbocycles. The smallest absolute Gasteiger partial charge is 0.433 e. The predicted molar refractivity (Wildman–Crippen MR) is 59.2 cm³/mol. The first-order chi connectivity index (χ1) is 9.38. The molecule has 2 rings (SSSR count). The third-order valence-corrected chi connectivity index (χ3v) is 2.31. The molecule has 2 aromatic rings. The number of pyridine rings is 1. The summed E-state index contributed by atoms with van der Waals surface area (Å²) in [5, 5.41) is 8.89. The Bertz CT molecular complexity index is 608. The van der Waals surface area contributed by atoms with Gasteiger partial charge in [-0.2, -0.15) is 13.2 Å². The van der Waals surface area contributed by atoms with Gasteiger partial charge in [0, 0.05) is 0 Å². The van der Waals surface area contributed by atoms with Crippen molar-refractivity contribution in [1.82, 2.24) is 4.98 Å². The van der Waals surface area contributed by atoms with Crippen LogP contribution in [-0.2, 0) is 12.8 Å². The predicted octanol–water partition coefficient (Wildman–Crippen LogP) is 2.97. The lowest BCUT2D eigenvalue weighted by molar-refractivity contribution is -0.141. The molecule has 8 heteroatoms. The Morgan fingerprint density at radius 1 is 1.35 bits per heavy atom. The summed E-state index contributed by atoms with van der Waals surface area (Å²) in [6.45, 7) is -0.221. The van der Waals surface area contributed by atoms with E-state index >= 15 is 0 Å². The quantitative estimate of drug-likeness (QED) is 0.935. The lowest BCUT2D eigenvalue weighted by atomic mass is 10.2. The minimum absolute atomic E-state index is 0.221. The largest absolute Gasteiger partial charge is 0.477 e. The molecule has 0 saturated heterocycles. The fourth-order valence-corrected chi connectivity index (χ4v) is 1.41. The van der Waals surface area contributed by atoms with E-state index in [-0.39, 0.29) is 6.61 Å². The number of furan rings is 1.